The first-order valence-electron chi connectivity index (χ1n) is 9.58. The van der Waals surface area contributed by atoms with Gasteiger partial charge < -0.3 is 19.5 Å². The number of nitrogens with one attached hydrogen (secondary N) is 1. The Morgan fingerprint density at radius 2 is 1.74 bits per heavy atom. The van der Waals surface area contributed by atoms with Crippen molar-refractivity contribution in [2.75, 3.05) is 19.0 Å². The van der Waals surface area contributed by atoms with E-state index in [1.807, 2.05) is 6.92 Å². The van der Waals surface area contributed by atoms with E-state index in [4.69, 9.17) is 14.2 Å². The molecule has 1 amide bonds. The van der Waals surface area contributed by atoms with Crippen molar-refractivity contribution in [1.29, 1.82) is 0 Å². The second-order valence-electron chi connectivity index (χ2n) is 6.48. The molecule has 0 aromatic heterocycles. The van der Waals surface area contributed by atoms with E-state index in [2.05, 4.69) is 5.32 Å². The van der Waals surface area contributed by atoms with Gasteiger partial charge in [0, 0.05) is 28.9 Å². The summed E-state index contributed by atoms with van der Waals surface area (Å²) in [4.78, 5) is 23.1. The number of carbonyl (C=O) groups excluding carboxylic acids is 1. The summed E-state index contributed by atoms with van der Waals surface area (Å²) in [6.07, 6.45) is 0. The van der Waals surface area contributed by atoms with E-state index in [0.29, 0.717) is 34.9 Å². The van der Waals surface area contributed by atoms with Crippen molar-refractivity contribution in [3.63, 3.8) is 0 Å². The third kappa shape index (κ3) is 5.72. The molecule has 0 spiro atoms. The molecule has 1 N–H and O–H groups in total. The lowest BCUT2D eigenvalue weighted by atomic mass is 10.1. The van der Waals surface area contributed by atoms with Crippen LogP contribution < -0.4 is 19.5 Å². The van der Waals surface area contributed by atoms with Crippen molar-refractivity contribution in [3.8, 4) is 17.2 Å². The van der Waals surface area contributed by atoms with E-state index >= 15 is 0 Å². The zero-order chi connectivity index (χ0) is 22.2. The van der Waals surface area contributed by atoms with Crippen molar-refractivity contribution in [2.45, 2.75) is 13.5 Å². The van der Waals surface area contributed by atoms with Crippen LogP contribution in [0.5, 0.6) is 17.2 Å². The van der Waals surface area contributed by atoms with Crippen LogP contribution >= 0.6 is 0 Å². The fraction of sp³-hybridized carbons (Fsp3) is 0.174. The number of methoxy groups -OCH3 is 1. The van der Waals surface area contributed by atoms with Crippen LogP contribution in [0, 0.1) is 10.1 Å². The van der Waals surface area contributed by atoms with Crippen LogP contribution in [0.2, 0.25) is 0 Å². The molecule has 0 saturated heterocycles. The molecule has 0 heterocycles. The summed E-state index contributed by atoms with van der Waals surface area (Å²) in [6.45, 7) is 2.53. The summed E-state index contributed by atoms with van der Waals surface area (Å²) < 4.78 is 16.6. The summed E-state index contributed by atoms with van der Waals surface area (Å²) in [5, 5.41) is 13.6. The van der Waals surface area contributed by atoms with Crippen LogP contribution in [0.15, 0.2) is 66.7 Å². The predicted octanol–water partition coefficient (Wildman–Crippen LogP) is 4.83. The molecule has 0 aliphatic heterocycles. The van der Waals surface area contributed by atoms with Crippen LogP contribution in [0.25, 0.3) is 0 Å². The number of nitro groups is 1. The molecule has 8 heteroatoms. The van der Waals surface area contributed by atoms with Crippen molar-refractivity contribution >= 4 is 17.3 Å². The van der Waals surface area contributed by atoms with Crippen LogP contribution in [0.1, 0.15) is 22.8 Å². The lowest BCUT2D eigenvalue weighted by molar-refractivity contribution is -0.384. The molecule has 0 aliphatic rings. The van der Waals surface area contributed by atoms with Crippen LogP contribution in [-0.2, 0) is 6.61 Å². The maximum atomic E-state index is 12.7. The van der Waals surface area contributed by atoms with Gasteiger partial charge in [0.1, 0.15) is 23.9 Å². The number of rotatable bonds is 9. The Morgan fingerprint density at radius 3 is 2.42 bits per heavy atom. The number of amides is 1. The number of anilines is 1. The Balaban J connectivity index is 1.77. The molecule has 0 radical (unpaired) electrons. The van der Waals surface area contributed by atoms with Crippen molar-refractivity contribution < 1.29 is 23.9 Å². The van der Waals surface area contributed by atoms with Gasteiger partial charge in [0.05, 0.1) is 18.6 Å². The number of hydrogen-bond acceptors (Lipinski definition) is 6. The quantitative estimate of drug-likeness (QED) is 0.391. The molecule has 0 fully saturated rings. The molecule has 0 saturated carbocycles. The van der Waals surface area contributed by atoms with Crippen LogP contribution in [0.3, 0.4) is 0 Å². The maximum absolute atomic E-state index is 12.7. The Labute approximate surface area is 179 Å². The number of hydrogen-bond donors (Lipinski definition) is 1. The zero-order valence-corrected chi connectivity index (χ0v) is 17.2. The Bertz CT molecular complexity index is 1070. The van der Waals surface area contributed by atoms with Gasteiger partial charge in [0.2, 0.25) is 0 Å². The third-order valence-corrected chi connectivity index (χ3v) is 4.39. The summed E-state index contributed by atoms with van der Waals surface area (Å²) in [6, 6.07) is 18.0. The molecule has 31 heavy (non-hydrogen) atoms. The van der Waals surface area contributed by atoms with Gasteiger partial charge in [-0.1, -0.05) is 6.07 Å². The molecule has 160 valence electrons. The Kier molecular flexibility index (Phi) is 7.05. The molecule has 0 bridgehead atoms. The summed E-state index contributed by atoms with van der Waals surface area (Å²) in [5.74, 6) is 1.59. The smallest absolute Gasteiger partial charge is 0.271 e. The first-order chi connectivity index (χ1) is 15.0. The SMILES string of the molecule is CCOc1ccc(C(=O)Nc2cccc([N+](=O)[O-])c2)cc1COc1ccc(OC)cc1. The average Bonchev–Trinajstić information content (AvgIpc) is 2.79. The largest absolute Gasteiger partial charge is 0.497 e. The normalized spacial score (nSPS) is 10.3. The number of benzene rings is 3. The van der Waals surface area contributed by atoms with E-state index in [1.165, 1.54) is 18.2 Å². The van der Waals surface area contributed by atoms with Crippen LogP contribution in [0.4, 0.5) is 11.4 Å². The van der Waals surface area contributed by atoms with E-state index in [0.717, 1.165) is 5.75 Å². The highest BCUT2D eigenvalue weighted by atomic mass is 16.6. The van der Waals surface area contributed by atoms with Crippen molar-refractivity contribution in [2.24, 2.45) is 0 Å². The first kappa shape index (κ1) is 21.6. The zero-order valence-electron chi connectivity index (χ0n) is 17.2. The Hall–Kier alpha value is -4.07. The fourth-order valence-corrected chi connectivity index (χ4v) is 2.86. The van der Waals surface area contributed by atoms with Gasteiger partial charge in [-0.2, -0.15) is 0 Å². The van der Waals surface area contributed by atoms with Crippen molar-refractivity contribution in [3.05, 3.63) is 88.0 Å². The summed E-state index contributed by atoms with van der Waals surface area (Å²) in [7, 11) is 1.59. The fourth-order valence-electron chi connectivity index (χ4n) is 2.86. The Morgan fingerprint density at radius 1 is 1.00 bits per heavy atom. The number of ether oxygens (including phenoxy) is 3. The second kappa shape index (κ2) is 10.1. The highest BCUT2D eigenvalue weighted by Crippen LogP contribution is 2.25. The summed E-state index contributed by atoms with van der Waals surface area (Å²) >= 11 is 0. The number of carbonyl (C=O) groups is 1. The molecule has 0 aliphatic carbocycles. The molecule has 3 aromatic rings. The third-order valence-electron chi connectivity index (χ3n) is 4.39. The number of nitro benzene ring substituents is 1. The number of non-ortho nitro benzene ring substituents is 1. The summed E-state index contributed by atoms with van der Waals surface area (Å²) in [5.41, 5.74) is 1.31. The predicted molar refractivity (Wildman–Crippen MR) is 116 cm³/mol. The molecule has 0 atom stereocenters. The average molecular weight is 422 g/mol. The van der Waals surface area contributed by atoms with E-state index in [9.17, 15) is 14.9 Å². The first-order valence-corrected chi connectivity index (χ1v) is 9.58. The monoisotopic (exact) mass is 422 g/mol. The molecular formula is C23H22N2O6. The maximum Gasteiger partial charge on any atom is 0.271 e. The molecule has 3 aromatic carbocycles. The van der Waals surface area contributed by atoms with Gasteiger partial charge in [-0.15, -0.1) is 0 Å². The highest BCUT2D eigenvalue weighted by molar-refractivity contribution is 6.04. The van der Waals surface area contributed by atoms with Gasteiger partial charge in [0.25, 0.3) is 11.6 Å². The van der Waals surface area contributed by atoms with Gasteiger partial charge in [-0.3, -0.25) is 14.9 Å². The minimum Gasteiger partial charge on any atom is -0.497 e. The van der Waals surface area contributed by atoms with E-state index < -0.39 is 10.8 Å². The van der Waals surface area contributed by atoms with Gasteiger partial charge in [-0.05, 0) is 55.5 Å². The molecule has 0 unspecified atom stereocenters. The van der Waals surface area contributed by atoms with Crippen LogP contribution in [-0.4, -0.2) is 24.5 Å². The van der Waals surface area contributed by atoms with Gasteiger partial charge in [-0.25, -0.2) is 0 Å². The molecule has 3 rings (SSSR count). The van der Waals surface area contributed by atoms with E-state index in [1.54, 1.807) is 55.6 Å². The molecular weight excluding hydrogens is 400 g/mol. The minimum absolute atomic E-state index is 0.0990. The standard InChI is InChI=1S/C23H22N2O6/c1-3-30-22-12-7-16(23(26)24-18-5-4-6-19(14-18)25(27)28)13-17(22)15-31-21-10-8-20(29-2)9-11-21/h4-14H,3,15H2,1-2H3,(H,24,26). The lowest BCUT2D eigenvalue weighted by Gasteiger charge is -2.14. The topological polar surface area (TPSA) is 99.9 Å². The molecule has 8 nitrogen and oxygen atoms in total. The minimum atomic E-state index is -0.513. The van der Waals surface area contributed by atoms with Gasteiger partial charge in [0.15, 0.2) is 0 Å². The second-order valence-corrected chi connectivity index (χ2v) is 6.48. The lowest BCUT2D eigenvalue weighted by Crippen LogP contribution is -2.13. The van der Waals surface area contributed by atoms with E-state index in [-0.39, 0.29) is 12.3 Å². The van der Waals surface area contributed by atoms with Gasteiger partial charge >= 0.3 is 0 Å². The highest BCUT2D eigenvalue weighted by Gasteiger charge is 2.13. The number of nitrogens with zero attached hydrogens (tertiary/aromatic N) is 1. The van der Waals surface area contributed by atoms with Crippen molar-refractivity contribution in [1.82, 2.24) is 0 Å².